The predicted octanol–water partition coefficient (Wildman–Crippen LogP) is 3.26. The summed E-state index contributed by atoms with van der Waals surface area (Å²) in [6, 6.07) is 13.8. The molecule has 20 heavy (non-hydrogen) atoms. The molecule has 5 heteroatoms. The summed E-state index contributed by atoms with van der Waals surface area (Å²) in [7, 11) is 0. The molecule has 0 bridgehead atoms. The summed E-state index contributed by atoms with van der Waals surface area (Å²) in [5.41, 5.74) is 2.25. The topological polar surface area (TPSA) is 75.4 Å². The van der Waals surface area contributed by atoms with E-state index in [1.165, 1.54) is 6.07 Å². The fourth-order valence-corrected chi connectivity index (χ4v) is 2.13. The molecule has 2 N–H and O–H groups in total. The van der Waals surface area contributed by atoms with Crippen molar-refractivity contribution in [1.82, 2.24) is 0 Å². The molecule has 0 spiro atoms. The molecule has 0 fully saturated rings. The fraction of sp³-hybridized carbons (Fsp3) is 0.200. The summed E-state index contributed by atoms with van der Waals surface area (Å²) in [6.45, 7) is 1.78. The minimum absolute atomic E-state index is 0.0766. The fourth-order valence-electron chi connectivity index (χ4n) is 2.13. The van der Waals surface area contributed by atoms with Crippen LogP contribution in [0.4, 0.5) is 11.4 Å². The van der Waals surface area contributed by atoms with E-state index in [0.717, 1.165) is 11.3 Å². The number of anilines is 1. The van der Waals surface area contributed by atoms with Crippen molar-refractivity contribution < 1.29 is 10.0 Å². The SMILES string of the molecule is CC(Nc1ccccc1CO)c1ccccc1[N+](=O)[O-]. The Bertz CT molecular complexity index is 614. The summed E-state index contributed by atoms with van der Waals surface area (Å²) in [4.78, 5) is 10.7. The number of nitro groups is 1. The Labute approximate surface area is 117 Å². The molecule has 0 radical (unpaired) electrons. The minimum atomic E-state index is -0.383. The van der Waals surface area contributed by atoms with Crippen LogP contribution >= 0.6 is 0 Å². The highest BCUT2D eigenvalue weighted by Gasteiger charge is 2.18. The van der Waals surface area contributed by atoms with Gasteiger partial charge in [0.15, 0.2) is 0 Å². The van der Waals surface area contributed by atoms with E-state index < -0.39 is 0 Å². The lowest BCUT2D eigenvalue weighted by atomic mass is 10.1. The van der Waals surface area contributed by atoms with E-state index in [1.54, 1.807) is 18.2 Å². The zero-order chi connectivity index (χ0) is 14.5. The van der Waals surface area contributed by atoms with Crippen LogP contribution in [0.25, 0.3) is 0 Å². The van der Waals surface area contributed by atoms with Gasteiger partial charge in [-0.25, -0.2) is 0 Å². The van der Waals surface area contributed by atoms with Gasteiger partial charge in [0, 0.05) is 17.3 Å². The van der Waals surface area contributed by atoms with Crippen LogP contribution in [0.2, 0.25) is 0 Å². The monoisotopic (exact) mass is 272 g/mol. The van der Waals surface area contributed by atoms with Crippen molar-refractivity contribution >= 4 is 11.4 Å². The van der Waals surface area contributed by atoms with Crippen LogP contribution < -0.4 is 5.32 Å². The highest BCUT2D eigenvalue weighted by atomic mass is 16.6. The lowest BCUT2D eigenvalue weighted by molar-refractivity contribution is -0.385. The zero-order valence-electron chi connectivity index (χ0n) is 11.1. The van der Waals surface area contributed by atoms with Crippen molar-refractivity contribution in [2.75, 3.05) is 5.32 Å². The lowest BCUT2D eigenvalue weighted by Gasteiger charge is -2.17. The predicted molar refractivity (Wildman–Crippen MR) is 77.5 cm³/mol. The molecule has 104 valence electrons. The smallest absolute Gasteiger partial charge is 0.274 e. The number of benzene rings is 2. The Hall–Kier alpha value is -2.40. The Kier molecular flexibility index (Phi) is 4.32. The number of aliphatic hydroxyl groups is 1. The summed E-state index contributed by atoms with van der Waals surface area (Å²) < 4.78 is 0. The van der Waals surface area contributed by atoms with Gasteiger partial charge in [0.25, 0.3) is 5.69 Å². The Morgan fingerprint density at radius 2 is 1.85 bits per heavy atom. The molecule has 1 atom stereocenters. The van der Waals surface area contributed by atoms with Gasteiger partial charge in [0.1, 0.15) is 0 Å². The van der Waals surface area contributed by atoms with Crippen molar-refractivity contribution in [3.63, 3.8) is 0 Å². The van der Waals surface area contributed by atoms with E-state index in [4.69, 9.17) is 0 Å². The quantitative estimate of drug-likeness (QED) is 0.647. The second-order valence-corrected chi connectivity index (χ2v) is 4.50. The number of rotatable bonds is 5. The van der Waals surface area contributed by atoms with Crippen molar-refractivity contribution in [3.05, 3.63) is 69.8 Å². The number of nitro benzene ring substituents is 1. The molecule has 0 aromatic heterocycles. The van der Waals surface area contributed by atoms with Crippen molar-refractivity contribution in [2.24, 2.45) is 0 Å². The highest BCUT2D eigenvalue weighted by molar-refractivity contribution is 5.54. The molecule has 0 aliphatic carbocycles. The Balaban J connectivity index is 2.29. The van der Waals surface area contributed by atoms with Gasteiger partial charge in [0.05, 0.1) is 23.1 Å². The molecule has 0 saturated heterocycles. The molecule has 5 nitrogen and oxygen atoms in total. The minimum Gasteiger partial charge on any atom is -0.392 e. The van der Waals surface area contributed by atoms with Gasteiger partial charge in [-0.3, -0.25) is 10.1 Å². The number of nitrogens with one attached hydrogen (secondary N) is 1. The molecule has 1 unspecified atom stereocenters. The number of nitrogens with zero attached hydrogens (tertiary/aromatic N) is 1. The van der Waals surface area contributed by atoms with Crippen LogP contribution in [-0.4, -0.2) is 10.0 Å². The second-order valence-electron chi connectivity index (χ2n) is 4.50. The first-order valence-corrected chi connectivity index (χ1v) is 6.32. The average molecular weight is 272 g/mol. The van der Waals surface area contributed by atoms with Gasteiger partial charge in [0.2, 0.25) is 0 Å². The molecule has 0 aliphatic heterocycles. The van der Waals surface area contributed by atoms with Crippen LogP contribution in [0.15, 0.2) is 48.5 Å². The van der Waals surface area contributed by atoms with Crippen molar-refractivity contribution in [3.8, 4) is 0 Å². The van der Waals surface area contributed by atoms with Gasteiger partial charge >= 0.3 is 0 Å². The first-order valence-electron chi connectivity index (χ1n) is 6.32. The largest absolute Gasteiger partial charge is 0.392 e. The zero-order valence-corrected chi connectivity index (χ0v) is 11.1. The maximum absolute atomic E-state index is 11.0. The van der Waals surface area contributed by atoms with E-state index in [2.05, 4.69) is 5.32 Å². The molecular formula is C15H16N2O3. The summed E-state index contributed by atoms with van der Waals surface area (Å²) in [5.74, 6) is 0. The highest BCUT2D eigenvalue weighted by Crippen LogP contribution is 2.28. The summed E-state index contributed by atoms with van der Waals surface area (Å²) >= 11 is 0. The van der Waals surface area contributed by atoms with E-state index in [0.29, 0.717) is 5.56 Å². The van der Waals surface area contributed by atoms with Gasteiger partial charge < -0.3 is 10.4 Å². The summed E-state index contributed by atoms with van der Waals surface area (Å²) in [6.07, 6.45) is 0. The lowest BCUT2D eigenvalue weighted by Crippen LogP contribution is -2.10. The number of hydrogen-bond acceptors (Lipinski definition) is 4. The number of hydrogen-bond donors (Lipinski definition) is 2. The first-order chi connectivity index (χ1) is 9.63. The van der Waals surface area contributed by atoms with Crippen molar-refractivity contribution in [1.29, 1.82) is 0 Å². The third-order valence-corrected chi connectivity index (χ3v) is 3.16. The Morgan fingerprint density at radius 3 is 2.55 bits per heavy atom. The maximum Gasteiger partial charge on any atom is 0.274 e. The van der Waals surface area contributed by atoms with Crippen LogP contribution in [0.5, 0.6) is 0 Å². The molecule has 2 aromatic carbocycles. The van der Waals surface area contributed by atoms with Gasteiger partial charge in [-0.05, 0) is 13.0 Å². The van der Waals surface area contributed by atoms with E-state index >= 15 is 0 Å². The second kappa shape index (κ2) is 6.16. The Morgan fingerprint density at radius 1 is 1.20 bits per heavy atom. The van der Waals surface area contributed by atoms with Crippen LogP contribution in [0.1, 0.15) is 24.1 Å². The molecule has 0 heterocycles. The van der Waals surface area contributed by atoms with Crippen LogP contribution in [-0.2, 0) is 6.61 Å². The average Bonchev–Trinajstić information content (AvgIpc) is 2.47. The maximum atomic E-state index is 11.0. The van der Waals surface area contributed by atoms with Crippen molar-refractivity contribution in [2.45, 2.75) is 19.6 Å². The van der Waals surface area contributed by atoms with E-state index in [9.17, 15) is 15.2 Å². The number of aliphatic hydroxyl groups excluding tert-OH is 1. The van der Waals surface area contributed by atoms with Gasteiger partial charge in [-0.1, -0.05) is 36.4 Å². The third-order valence-electron chi connectivity index (χ3n) is 3.16. The molecule has 0 saturated carbocycles. The number of para-hydroxylation sites is 2. The van der Waals surface area contributed by atoms with Gasteiger partial charge in [-0.15, -0.1) is 0 Å². The third kappa shape index (κ3) is 2.95. The first kappa shape index (κ1) is 14.0. The summed E-state index contributed by atoms with van der Waals surface area (Å²) in [5, 5.41) is 23.5. The van der Waals surface area contributed by atoms with Crippen LogP contribution in [0.3, 0.4) is 0 Å². The van der Waals surface area contributed by atoms with E-state index in [-0.39, 0.29) is 23.3 Å². The normalized spacial score (nSPS) is 11.9. The molecule has 2 aromatic rings. The molecule has 0 aliphatic rings. The van der Waals surface area contributed by atoms with Crippen LogP contribution in [0, 0.1) is 10.1 Å². The van der Waals surface area contributed by atoms with E-state index in [1.807, 2.05) is 31.2 Å². The molecule has 0 amide bonds. The van der Waals surface area contributed by atoms with Gasteiger partial charge in [-0.2, -0.15) is 0 Å². The molecule has 2 rings (SSSR count). The standard InChI is InChI=1S/C15H16N2O3/c1-11(13-7-3-5-9-15(13)17(19)20)16-14-8-4-2-6-12(14)10-18/h2-9,11,16,18H,10H2,1H3. The molecular weight excluding hydrogens is 256 g/mol.